The van der Waals surface area contributed by atoms with Gasteiger partial charge in [0.25, 0.3) is 11.8 Å². The Morgan fingerprint density at radius 3 is 2.15 bits per heavy atom. The third kappa shape index (κ3) is 3.49. The molecule has 0 spiro atoms. The summed E-state index contributed by atoms with van der Waals surface area (Å²) in [7, 11) is 0. The van der Waals surface area contributed by atoms with Crippen molar-refractivity contribution in [2.24, 2.45) is 0 Å². The highest BCUT2D eigenvalue weighted by molar-refractivity contribution is 6.22. The van der Waals surface area contributed by atoms with Crippen molar-refractivity contribution in [2.45, 2.75) is 13.0 Å². The smallest absolute Gasteiger partial charge is 0.334 e. The van der Waals surface area contributed by atoms with E-state index in [2.05, 4.69) is 0 Å². The van der Waals surface area contributed by atoms with Gasteiger partial charge in [-0.1, -0.05) is 42.5 Å². The lowest BCUT2D eigenvalue weighted by Gasteiger charge is -2.20. The molecular weight excluding hydrogens is 422 g/mol. The van der Waals surface area contributed by atoms with E-state index in [0.29, 0.717) is 11.3 Å². The van der Waals surface area contributed by atoms with Crippen molar-refractivity contribution >= 4 is 28.8 Å². The number of ether oxygens (including phenoxy) is 1. The minimum absolute atomic E-state index is 0.107. The molecule has 5 rings (SSSR count). The number of imide groups is 1. The van der Waals surface area contributed by atoms with Crippen molar-refractivity contribution in [2.75, 3.05) is 0 Å². The average molecular weight is 439 g/mol. The zero-order chi connectivity index (χ0) is 23.1. The van der Waals surface area contributed by atoms with Gasteiger partial charge in [-0.05, 0) is 37.3 Å². The molecule has 0 saturated carbocycles. The number of esters is 1. The Bertz CT molecular complexity index is 1450. The van der Waals surface area contributed by atoms with E-state index in [1.165, 1.54) is 25.1 Å². The first-order valence-electron chi connectivity index (χ1n) is 10.3. The fourth-order valence-corrected chi connectivity index (χ4v) is 3.81. The molecule has 2 amide bonds. The molecule has 1 aliphatic rings. The van der Waals surface area contributed by atoms with Crippen LogP contribution in [0.5, 0.6) is 5.75 Å². The van der Waals surface area contributed by atoms with Crippen LogP contribution in [-0.4, -0.2) is 28.7 Å². The van der Waals surface area contributed by atoms with Gasteiger partial charge in [0.05, 0.1) is 16.5 Å². The lowest BCUT2D eigenvalue weighted by molar-refractivity contribution is -0.138. The van der Waals surface area contributed by atoms with Crippen LogP contribution in [0.3, 0.4) is 0 Å². The normalized spacial score (nSPS) is 13.8. The zero-order valence-electron chi connectivity index (χ0n) is 17.5. The third-order valence-electron chi connectivity index (χ3n) is 5.53. The van der Waals surface area contributed by atoms with Crippen LogP contribution in [0.15, 0.2) is 88.1 Å². The second kappa shape index (κ2) is 7.87. The maximum absolute atomic E-state index is 12.7. The molecule has 0 saturated heterocycles. The maximum Gasteiger partial charge on any atom is 0.334 e. The summed E-state index contributed by atoms with van der Waals surface area (Å²) in [6.07, 6.45) is 0. The summed E-state index contributed by atoms with van der Waals surface area (Å²) >= 11 is 0. The first-order chi connectivity index (χ1) is 15.9. The molecule has 1 aliphatic heterocycles. The summed E-state index contributed by atoms with van der Waals surface area (Å²) in [6, 6.07) is 20.3. The molecule has 3 aromatic carbocycles. The standard InChI is InChI=1S/C26H17NO6/c1-15(27-24(29)18-9-5-6-10-19(18)25(27)30)26(31)32-17-11-12-22-20(13-17)21(28)14-23(33-22)16-7-3-2-4-8-16/h2-15H,1H3. The SMILES string of the molecule is CC(C(=O)Oc1ccc2oc(-c3ccccc3)cc(=O)c2c1)N1C(=O)c2ccccc2C1=O. The highest BCUT2D eigenvalue weighted by Gasteiger charge is 2.41. The summed E-state index contributed by atoms with van der Waals surface area (Å²) in [6.45, 7) is 1.42. The molecule has 1 aromatic heterocycles. The Balaban J connectivity index is 1.40. The summed E-state index contributed by atoms with van der Waals surface area (Å²) < 4.78 is 11.2. The van der Waals surface area contributed by atoms with E-state index in [0.717, 1.165) is 10.5 Å². The zero-order valence-corrected chi connectivity index (χ0v) is 17.5. The van der Waals surface area contributed by atoms with Crippen LogP contribution in [0.2, 0.25) is 0 Å². The molecule has 4 aromatic rings. The lowest BCUT2D eigenvalue weighted by atomic mass is 10.1. The summed E-state index contributed by atoms with van der Waals surface area (Å²) in [5, 5.41) is 0.244. The molecule has 0 bridgehead atoms. The Morgan fingerprint density at radius 2 is 1.48 bits per heavy atom. The number of nitrogens with zero attached hydrogens (tertiary/aromatic N) is 1. The second-order valence-corrected chi connectivity index (χ2v) is 7.62. The molecule has 1 atom stereocenters. The molecule has 2 heterocycles. The van der Waals surface area contributed by atoms with E-state index in [-0.39, 0.29) is 27.7 Å². The Morgan fingerprint density at radius 1 is 0.848 bits per heavy atom. The van der Waals surface area contributed by atoms with Gasteiger partial charge in [0.15, 0.2) is 5.43 Å². The van der Waals surface area contributed by atoms with Crippen molar-refractivity contribution in [3.8, 4) is 17.1 Å². The molecule has 7 nitrogen and oxygen atoms in total. The van der Waals surface area contributed by atoms with Gasteiger partial charge in [0.1, 0.15) is 23.1 Å². The monoisotopic (exact) mass is 439 g/mol. The van der Waals surface area contributed by atoms with Crippen molar-refractivity contribution in [3.63, 3.8) is 0 Å². The largest absolute Gasteiger partial charge is 0.456 e. The molecule has 0 radical (unpaired) electrons. The van der Waals surface area contributed by atoms with Crippen LogP contribution >= 0.6 is 0 Å². The molecule has 0 fully saturated rings. The quantitative estimate of drug-likeness (QED) is 0.271. The number of fused-ring (bicyclic) bond motifs is 2. The fourth-order valence-electron chi connectivity index (χ4n) is 3.81. The number of hydrogen-bond donors (Lipinski definition) is 0. The number of carbonyl (C=O) groups excluding carboxylic acids is 3. The van der Waals surface area contributed by atoms with E-state index in [1.807, 2.05) is 30.3 Å². The van der Waals surface area contributed by atoms with E-state index >= 15 is 0 Å². The molecule has 1 unspecified atom stereocenters. The fraction of sp³-hybridized carbons (Fsp3) is 0.0769. The van der Waals surface area contributed by atoms with E-state index in [4.69, 9.17) is 9.15 Å². The van der Waals surface area contributed by atoms with E-state index in [1.54, 1.807) is 30.3 Å². The van der Waals surface area contributed by atoms with Crippen LogP contribution in [0, 0.1) is 0 Å². The topological polar surface area (TPSA) is 93.9 Å². The second-order valence-electron chi connectivity index (χ2n) is 7.62. The van der Waals surface area contributed by atoms with E-state index < -0.39 is 23.8 Å². The predicted molar refractivity (Wildman–Crippen MR) is 120 cm³/mol. The van der Waals surface area contributed by atoms with Crippen molar-refractivity contribution in [1.82, 2.24) is 4.90 Å². The first kappa shape index (κ1) is 20.4. The number of amides is 2. The van der Waals surface area contributed by atoms with Crippen LogP contribution in [0.1, 0.15) is 27.6 Å². The van der Waals surface area contributed by atoms with Gasteiger partial charge in [-0.2, -0.15) is 0 Å². The Labute approximate surface area is 187 Å². The van der Waals surface area contributed by atoms with Gasteiger partial charge >= 0.3 is 5.97 Å². The molecule has 162 valence electrons. The van der Waals surface area contributed by atoms with Gasteiger partial charge in [-0.15, -0.1) is 0 Å². The third-order valence-corrected chi connectivity index (χ3v) is 5.53. The highest BCUT2D eigenvalue weighted by atomic mass is 16.5. The molecular formula is C26H17NO6. The number of carbonyl (C=O) groups is 3. The summed E-state index contributed by atoms with van der Waals surface area (Å²) in [4.78, 5) is 51.5. The van der Waals surface area contributed by atoms with Gasteiger partial charge in [0.2, 0.25) is 0 Å². The Kier molecular flexibility index (Phi) is 4.86. The first-order valence-corrected chi connectivity index (χ1v) is 10.3. The number of rotatable bonds is 4. The van der Waals surface area contributed by atoms with E-state index in [9.17, 15) is 19.2 Å². The van der Waals surface area contributed by atoms with Crippen LogP contribution in [0.25, 0.3) is 22.3 Å². The van der Waals surface area contributed by atoms with Crippen molar-refractivity contribution in [3.05, 3.63) is 100 Å². The average Bonchev–Trinajstić information content (AvgIpc) is 3.09. The molecule has 33 heavy (non-hydrogen) atoms. The van der Waals surface area contributed by atoms with Gasteiger partial charge < -0.3 is 9.15 Å². The summed E-state index contributed by atoms with van der Waals surface area (Å²) in [5.74, 6) is -1.36. The maximum atomic E-state index is 12.7. The summed E-state index contributed by atoms with van der Waals surface area (Å²) in [5.41, 5.74) is 1.32. The lowest BCUT2D eigenvalue weighted by Crippen LogP contribution is -2.44. The van der Waals surface area contributed by atoms with Gasteiger partial charge in [0, 0.05) is 11.6 Å². The predicted octanol–water partition coefficient (Wildman–Crippen LogP) is 4.05. The molecule has 7 heteroatoms. The highest BCUT2D eigenvalue weighted by Crippen LogP contribution is 2.27. The van der Waals surface area contributed by atoms with Crippen LogP contribution < -0.4 is 10.2 Å². The molecule has 0 N–H and O–H groups in total. The number of hydrogen-bond acceptors (Lipinski definition) is 6. The van der Waals surface area contributed by atoms with Gasteiger partial charge in [-0.3, -0.25) is 19.3 Å². The molecule has 0 aliphatic carbocycles. The Hall–Kier alpha value is -4.52. The van der Waals surface area contributed by atoms with Crippen LogP contribution in [0.4, 0.5) is 0 Å². The van der Waals surface area contributed by atoms with Crippen molar-refractivity contribution in [1.29, 1.82) is 0 Å². The number of benzene rings is 3. The van der Waals surface area contributed by atoms with Crippen molar-refractivity contribution < 1.29 is 23.5 Å². The minimum atomic E-state index is -1.15. The van der Waals surface area contributed by atoms with Crippen LogP contribution in [-0.2, 0) is 4.79 Å². The minimum Gasteiger partial charge on any atom is -0.456 e. The van der Waals surface area contributed by atoms with Gasteiger partial charge in [-0.25, -0.2) is 4.79 Å².